The van der Waals surface area contributed by atoms with Crippen LogP contribution in [0.15, 0.2) is 82.6 Å². The van der Waals surface area contributed by atoms with Crippen LogP contribution in [0.5, 0.6) is 0 Å². The number of amides is 1. The van der Waals surface area contributed by atoms with E-state index >= 15 is 0 Å². The molecule has 0 atom stereocenters. The lowest BCUT2D eigenvalue weighted by Crippen LogP contribution is -2.35. The summed E-state index contributed by atoms with van der Waals surface area (Å²) < 4.78 is 27.9. The molecule has 7 heteroatoms. The number of para-hydroxylation sites is 1. The van der Waals surface area contributed by atoms with Crippen molar-refractivity contribution in [2.75, 3.05) is 22.4 Å². The predicted molar refractivity (Wildman–Crippen MR) is 122 cm³/mol. The van der Waals surface area contributed by atoms with Gasteiger partial charge in [0.2, 0.25) is 0 Å². The molecule has 1 heterocycles. The number of anilines is 2. The van der Waals surface area contributed by atoms with Crippen molar-refractivity contribution in [3.8, 4) is 0 Å². The maximum atomic E-state index is 13.2. The molecule has 1 N–H and O–H groups in total. The zero-order chi connectivity index (χ0) is 21.1. The molecule has 0 radical (unpaired) electrons. The zero-order valence-electron chi connectivity index (χ0n) is 16.5. The van der Waals surface area contributed by atoms with Gasteiger partial charge in [-0.3, -0.25) is 9.10 Å². The Hall–Kier alpha value is -2.77. The zero-order valence-corrected chi connectivity index (χ0v) is 18.2. The molecule has 154 valence electrons. The highest BCUT2D eigenvalue weighted by Crippen LogP contribution is 2.31. The maximum absolute atomic E-state index is 13.2. The maximum Gasteiger partial charge on any atom is 0.264 e. The fourth-order valence-electron chi connectivity index (χ4n) is 3.56. The number of nitrogens with one attached hydrogen (secondary N) is 1. The average molecular weight is 439 g/mol. The fraction of sp³-hybridized carbons (Fsp3) is 0.174. The van der Waals surface area contributed by atoms with Gasteiger partial charge in [-0.15, -0.1) is 11.8 Å². The molecular formula is C23H22N2O3S2. The van der Waals surface area contributed by atoms with Crippen molar-refractivity contribution in [3.05, 3.63) is 83.9 Å². The highest BCUT2D eigenvalue weighted by molar-refractivity contribution is 7.98. The largest absolute Gasteiger partial charge is 0.322 e. The molecule has 3 aromatic rings. The second-order valence-electron chi connectivity index (χ2n) is 7.02. The van der Waals surface area contributed by atoms with E-state index in [1.807, 2.05) is 54.8 Å². The van der Waals surface area contributed by atoms with Crippen LogP contribution in [-0.2, 0) is 16.4 Å². The van der Waals surface area contributed by atoms with Gasteiger partial charge in [0.1, 0.15) is 0 Å². The summed E-state index contributed by atoms with van der Waals surface area (Å²) >= 11 is 1.60. The molecule has 0 aliphatic carbocycles. The molecule has 0 fully saturated rings. The van der Waals surface area contributed by atoms with Gasteiger partial charge >= 0.3 is 0 Å². The van der Waals surface area contributed by atoms with Crippen LogP contribution in [0.1, 0.15) is 22.3 Å². The highest BCUT2D eigenvalue weighted by atomic mass is 32.2. The van der Waals surface area contributed by atoms with Crippen LogP contribution in [0.25, 0.3) is 0 Å². The summed E-state index contributed by atoms with van der Waals surface area (Å²) in [6.45, 7) is 0.452. The van der Waals surface area contributed by atoms with Gasteiger partial charge in [-0.25, -0.2) is 8.42 Å². The van der Waals surface area contributed by atoms with Gasteiger partial charge in [-0.2, -0.15) is 0 Å². The van der Waals surface area contributed by atoms with Crippen LogP contribution in [0, 0.1) is 0 Å². The van der Waals surface area contributed by atoms with Crippen LogP contribution in [0.2, 0.25) is 0 Å². The predicted octanol–water partition coefficient (Wildman–Crippen LogP) is 4.80. The van der Waals surface area contributed by atoms with Crippen molar-refractivity contribution in [2.24, 2.45) is 0 Å². The number of fused-ring (bicyclic) bond motifs is 1. The molecule has 3 aromatic carbocycles. The Balaban J connectivity index is 1.55. The van der Waals surface area contributed by atoms with Crippen molar-refractivity contribution in [1.82, 2.24) is 0 Å². The number of sulfonamides is 1. The lowest BCUT2D eigenvalue weighted by molar-refractivity contribution is 0.102. The Morgan fingerprint density at radius 2 is 1.77 bits per heavy atom. The van der Waals surface area contributed by atoms with E-state index in [9.17, 15) is 13.2 Å². The molecule has 1 amide bonds. The van der Waals surface area contributed by atoms with Gasteiger partial charge in [0.15, 0.2) is 0 Å². The number of carbonyl (C=O) groups is 1. The summed E-state index contributed by atoms with van der Waals surface area (Å²) in [5.74, 6) is -0.277. The molecule has 1 aliphatic heterocycles. The normalized spacial score (nSPS) is 13.6. The smallest absolute Gasteiger partial charge is 0.264 e. The molecule has 0 spiro atoms. The molecule has 4 rings (SSSR count). The van der Waals surface area contributed by atoms with E-state index in [1.165, 1.54) is 16.4 Å². The first-order chi connectivity index (χ1) is 14.5. The highest BCUT2D eigenvalue weighted by Gasteiger charge is 2.28. The summed E-state index contributed by atoms with van der Waals surface area (Å²) in [6, 6.07) is 21.3. The molecule has 0 saturated heterocycles. The second-order valence-corrected chi connectivity index (χ2v) is 9.76. The third-order valence-corrected chi connectivity index (χ3v) is 7.65. The summed E-state index contributed by atoms with van der Waals surface area (Å²) in [5.41, 5.74) is 2.88. The van der Waals surface area contributed by atoms with Crippen molar-refractivity contribution < 1.29 is 13.2 Å². The number of rotatable bonds is 5. The van der Waals surface area contributed by atoms with E-state index in [0.29, 0.717) is 17.8 Å². The molecule has 0 bridgehead atoms. The number of benzene rings is 3. The van der Waals surface area contributed by atoms with Crippen LogP contribution >= 0.6 is 11.8 Å². The van der Waals surface area contributed by atoms with E-state index in [4.69, 9.17) is 0 Å². The minimum absolute atomic E-state index is 0.181. The second kappa shape index (κ2) is 8.53. The molecular weight excluding hydrogens is 416 g/mol. The number of hydrogen-bond donors (Lipinski definition) is 1. The van der Waals surface area contributed by atoms with Crippen molar-refractivity contribution in [3.63, 3.8) is 0 Å². The average Bonchev–Trinajstić information content (AvgIpc) is 2.79. The van der Waals surface area contributed by atoms with Gasteiger partial charge in [-0.1, -0.05) is 24.3 Å². The van der Waals surface area contributed by atoms with E-state index in [2.05, 4.69) is 5.32 Å². The van der Waals surface area contributed by atoms with E-state index in [1.54, 1.807) is 23.9 Å². The number of nitrogens with zero attached hydrogens (tertiary/aromatic N) is 1. The molecule has 0 saturated carbocycles. The quantitative estimate of drug-likeness (QED) is 0.581. The minimum atomic E-state index is -3.69. The summed E-state index contributed by atoms with van der Waals surface area (Å²) in [7, 11) is -3.69. The lowest BCUT2D eigenvalue weighted by atomic mass is 10.0. The van der Waals surface area contributed by atoms with Gasteiger partial charge in [0.05, 0.1) is 10.6 Å². The number of hydrogen-bond acceptors (Lipinski definition) is 4. The first kappa shape index (κ1) is 20.5. The summed E-state index contributed by atoms with van der Waals surface area (Å²) in [5, 5.41) is 2.86. The third-order valence-electron chi connectivity index (χ3n) is 5.10. The molecule has 1 aliphatic rings. The number of aryl methyl sites for hydroxylation is 1. The number of carbonyl (C=O) groups excluding carboxylic acids is 1. The van der Waals surface area contributed by atoms with Gasteiger partial charge in [-0.05, 0) is 73.2 Å². The first-order valence-corrected chi connectivity index (χ1v) is 12.3. The van der Waals surface area contributed by atoms with Crippen molar-refractivity contribution in [1.29, 1.82) is 0 Å². The number of thioether (sulfide) groups is 1. The SMILES string of the molecule is CSc1cccc(NC(=O)c2ccc(S(=O)(=O)N3CCCc4ccccc43)cc2)c1. The van der Waals surface area contributed by atoms with Crippen LogP contribution in [0.4, 0.5) is 11.4 Å². The monoisotopic (exact) mass is 438 g/mol. The summed E-state index contributed by atoms with van der Waals surface area (Å²) in [6.07, 6.45) is 3.63. The molecule has 0 unspecified atom stereocenters. The van der Waals surface area contributed by atoms with Gasteiger partial charge in [0, 0.05) is 22.7 Å². The van der Waals surface area contributed by atoms with Crippen LogP contribution in [0.3, 0.4) is 0 Å². The van der Waals surface area contributed by atoms with Crippen molar-refractivity contribution in [2.45, 2.75) is 22.6 Å². The Bertz CT molecular complexity index is 1180. The third kappa shape index (κ3) is 4.08. The van der Waals surface area contributed by atoms with E-state index in [-0.39, 0.29) is 10.8 Å². The standard InChI is InChI=1S/C23H22N2O3S2/c1-29-20-9-4-8-19(16-20)24-23(26)18-11-13-21(14-12-18)30(27,28)25-15-5-7-17-6-2-3-10-22(17)25/h2-4,6,8-14,16H,5,7,15H2,1H3,(H,24,26). The molecule has 5 nitrogen and oxygen atoms in total. The fourth-order valence-corrected chi connectivity index (χ4v) is 5.56. The van der Waals surface area contributed by atoms with Crippen LogP contribution in [-0.4, -0.2) is 27.1 Å². The Labute approximate surface area is 181 Å². The molecule has 30 heavy (non-hydrogen) atoms. The summed E-state index contributed by atoms with van der Waals surface area (Å²) in [4.78, 5) is 13.8. The van der Waals surface area contributed by atoms with Crippen LogP contribution < -0.4 is 9.62 Å². The first-order valence-electron chi connectivity index (χ1n) is 9.65. The Morgan fingerprint density at radius 1 is 1.00 bits per heavy atom. The Kier molecular flexibility index (Phi) is 5.83. The Morgan fingerprint density at radius 3 is 2.53 bits per heavy atom. The van der Waals surface area contributed by atoms with E-state index in [0.717, 1.165) is 29.0 Å². The molecule has 0 aromatic heterocycles. The topological polar surface area (TPSA) is 66.5 Å². The van der Waals surface area contributed by atoms with Gasteiger partial charge in [0.25, 0.3) is 15.9 Å². The van der Waals surface area contributed by atoms with Gasteiger partial charge < -0.3 is 5.32 Å². The minimum Gasteiger partial charge on any atom is -0.322 e. The lowest BCUT2D eigenvalue weighted by Gasteiger charge is -2.30. The van der Waals surface area contributed by atoms with Crippen molar-refractivity contribution >= 4 is 39.1 Å². The van der Waals surface area contributed by atoms with E-state index < -0.39 is 10.0 Å².